The van der Waals surface area contributed by atoms with Crippen LogP contribution in [-0.2, 0) is 11.2 Å². The number of nitrogens with two attached hydrogens (primary N) is 1. The summed E-state index contributed by atoms with van der Waals surface area (Å²) in [5.41, 5.74) is 10.4. The summed E-state index contributed by atoms with van der Waals surface area (Å²) < 4.78 is 0. The van der Waals surface area contributed by atoms with Crippen LogP contribution in [0.2, 0.25) is 0 Å². The molecule has 1 atom stereocenters. The predicted molar refractivity (Wildman–Crippen MR) is 90.2 cm³/mol. The van der Waals surface area contributed by atoms with E-state index >= 15 is 0 Å². The number of carbonyl (C=O) groups excluding carboxylic acids is 1. The molecule has 0 aliphatic carbocycles. The van der Waals surface area contributed by atoms with Crippen molar-refractivity contribution in [3.05, 3.63) is 77.9 Å². The number of hydrogen-bond acceptors (Lipinski definition) is 3. The van der Waals surface area contributed by atoms with E-state index in [1.54, 1.807) is 6.08 Å². The Morgan fingerprint density at radius 3 is 2.41 bits per heavy atom. The molecule has 0 saturated heterocycles. The highest BCUT2D eigenvalue weighted by atomic mass is 16.2. The summed E-state index contributed by atoms with van der Waals surface area (Å²) in [7, 11) is 0. The van der Waals surface area contributed by atoms with Crippen LogP contribution < -0.4 is 11.2 Å². The normalized spacial score (nSPS) is 12.6. The largest absolute Gasteiger partial charge is 0.320 e. The number of rotatable bonds is 6. The maximum Gasteiger partial charge on any atom is 0.257 e. The summed E-state index contributed by atoms with van der Waals surface area (Å²) in [6.07, 6.45) is 5.68. The van der Waals surface area contributed by atoms with Crippen LogP contribution in [0, 0.1) is 0 Å². The van der Waals surface area contributed by atoms with Gasteiger partial charge in [0, 0.05) is 6.21 Å². The van der Waals surface area contributed by atoms with Crippen LogP contribution in [0.15, 0.2) is 71.8 Å². The van der Waals surface area contributed by atoms with Gasteiger partial charge >= 0.3 is 0 Å². The molecule has 0 aliphatic rings. The van der Waals surface area contributed by atoms with Crippen LogP contribution in [0.4, 0.5) is 0 Å². The van der Waals surface area contributed by atoms with Crippen LogP contribution in [-0.4, -0.2) is 18.2 Å². The molecule has 1 amide bonds. The van der Waals surface area contributed by atoms with Gasteiger partial charge in [-0.3, -0.25) is 4.79 Å². The smallest absolute Gasteiger partial charge is 0.257 e. The van der Waals surface area contributed by atoms with Gasteiger partial charge in [0.05, 0.1) is 6.04 Å². The van der Waals surface area contributed by atoms with Gasteiger partial charge in [-0.1, -0.05) is 66.7 Å². The zero-order chi connectivity index (χ0) is 15.6. The van der Waals surface area contributed by atoms with Crippen LogP contribution in [0.1, 0.15) is 11.1 Å². The van der Waals surface area contributed by atoms with Gasteiger partial charge in [0.1, 0.15) is 0 Å². The summed E-state index contributed by atoms with van der Waals surface area (Å²) in [5, 5.41) is 3.86. The molecular formula is C18H19N3O. The highest BCUT2D eigenvalue weighted by molar-refractivity contribution is 5.84. The van der Waals surface area contributed by atoms with E-state index in [1.807, 2.05) is 66.7 Å². The first-order valence-corrected chi connectivity index (χ1v) is 7.10. The average molecular weight is 293 g/mol. The van der Waals surface area contributed by atoms with Crippen LogP contribution in [0.25, 0.3) is 6.08 Å². The highest BCUT2D eigenvalue weighted by Gasteiger charge is 2.12. The number of benzene rings is 2. The summed E-state index contributed by atoms with van der Waals surface area (Å²) >= 11 is 0. The second-order valence-corrected chi connectivity index (χ2v) is 4.82. The maximum atomic E-state index is 11.8. The molecule has 0 spiro atoms. The minimum Gasteiger partial charge on any atom is -0.320 e. The summed E-state index contributed by atoms with van der Waals surface area (Å²) in [4.78, 5) is 11.8. The van der Waals surface area contributed by atoms with Crippen molar-refractivity contribution < 1.29 is 4.79 Å². The number of nitrogens with zero attached hydrogens (tertiary/aromatic N) is 1. The third kappa shape index (κ3) is 5.34. The Hall–Kier alpha value is -2.72. The average Bonchev–Trinajstić information content (AvgIpc) is 2.56. The minimum atomic E-state index is -0.613. The summed E-state index contributed by atoms with van der Waals surface area (Å²) in [5.74, 6) is -0.298. The first-order valence-electron chi connectivity index (χ1n) is 7.10. The van der Waals surface area contributed by atoms with Gasteiger partial charge in [-0.15, -0.1) is 0 Å². The van der Waals surface area contributed by atoms with Crippen molar-refractivity contribution in [2.75, 3.05) is 0 Å². The Morgan fingerprint density at radius 1 is 1.09 bits per heavy atom. The van der Waals surface area contributed by atoms with Gasteiger partial charge in [-0.05, 0) is 23.6 Å². The van der Waals surface area contributed by atoms with E-state index < -0.39 is 6.04 Å². The van der Waals surface area contributed by atoms with E-state index in [2.05, 4.69) is 10.5 Å². The Balaban J connectivity index is 1.77. The molecule has 0 bridgehead atoms. The topological polar surface area (TPSA) is 67.5 Å². The second kappa shape index (κ2) is 8.54. The van der Waals surface area contributed by atoms with Gasteiger partial charge in [-0.2, -0.15) is 5.10 Å². The lowest BCUT2D eigenvalue weighted by atomic mass is 10.1. The molecule has 0 heterocycles. The summed E-state index contributed by atoms with van der Waals surface area (Å²) in [6.45, 7) is 0. The Bertz CT molecular complexity index is 636. The van der Waals surface area contributed by atoms with Gasteiger partial charge in [-0.25, -0.2) is 5.43 Å². The van der Waals surface area contributed by atoms with E-state index in [4.69, 9.17) is 5.73 Å². The Morgan fingerprint density at radius 2 is 1.73 bits per heavy atom. The fourth-order valence-electron chi connectivity index (χ4n) is 1.91. The molecule has 2 aromatic rings. The third-order valence-corrected chi connectivity index (χ3v) is 3.06. The van der Waals surface area contributed by atoms with Crippen LogP contribution in [0.5, 0.6) is 0 Å². The number of nitrogens with one attached hydrogen (secondary N) is 1. The van der Waals surface area contributed by atoms with E-state index in [9.17, 15) is 4.79 Å². The van der Waals surface area contributed by atoms with Crippen LogP contribution in [0.3, 0.4) is 0 Å². The molecular weight excluding hydrogens is 274 g/mol. The van der Waals surface area contributed by atoms with Crippen molar-refractivity contribution in [3.63, 3.8) is 0 Å². The number of carbonyl (C=O) groups is 1. The van der Waals surface area contributed by atoms with Gasteiger partial charge in [0.25, 0.3) is 5.91 Å². The maximum absolute atomic E-state index is 11.8. The zero-order valence-electron chi connectivity index (χ0n) is 12.2. The molecule has 22 heavy (non-hydrogen) atoms. The lowest BCUT2D eigenvalue weighted by molar-refractivity contribution is -0.122. The molecule has 0 radical (unpaired) electrons. The summed E-state index contributed by atoms with van der Waals surface area (Å²) in [6, 6.07) is 18.9. The van der Waals surface area contributed by atoms with Gasteiger partial charge in [0.15, 0.2) is 0 Å². The number of hydrazone groups is 1. The number of amides is 1. The molecule has 112 valence electrons. The molecule has 3 N–H and O–H groups in total. The molecule has 0 saturated carbocycles. The van der Waals surface area contributed by atoms with E-state index in [-0.39, 0.29) is 5.91 Å². The van der Waals surface area contributed by atoms with Crippen molar-refractivity contribution in [2.45, 2.75) is 12.5 Å². The quantitative estimate of drug-likeness (QED) is 0.634. The first-order chi connectivity index (χ1) is 10.8. The zero-order valence-corrected chi connectivity index (χ0v) is 12.2. The van der Waals surface area contributed by atoms with Crippen molar-refractivity contribution >= 4 is 18.2 Å². The highest BCUT2D eigenvalue weighted by Crippen LogP contribution is 2.02. The predicted octanol–water partition coefficient (Wildman–Crippen LogP) is 2.37. The SMILES string of the molecule is NC(Cc1ccccc1)C(=O)N/N=C/C=C/c1ccccc1. The van der Waals surface area contributed by atoms with Crippen molar-refractivity contribution in [3.8, 4) is 0 Å². The Kier molecular flexibility index (Phi) is 6.08. The van der Waals surface area contributed by atoms with Crippen molar-refractivity contribution in [2.24, 2.45) is 10.8 Å². The van der Waals surface area contributed by atoms with E-state index in [1.165, 1.54) is 6.21 Å². The molecule has 0 fully saturated rings. The van der Waals surface area contributed by atoms with Gasteiger partial charge < -0.3 is 5.73 Å². The lowest BCUT2D eigenvalue weighted by Crippen LogP contribution is -2.39. The lowest BCUT2D eigenvalue weighted by Gasteiger charge is -2.09. The first kappa shape index (κ1) is 15.7. The van der Waals surface area contributed by atoms with E-state index in [0.29, 0.717) is 6.42 Å². The number of hydrogen-bond donors (Lipinski definition) is 2. The van der Waals surface area contributed by atoms with Gasteiger partial charge in [0.2, 0.25) is 0 Å². The fraction of sp³-hybridized carbons (Fsp3) is 0.111. The van der Waals surface area contributed by atoms with E-state index in [0.717, 1.165) is 11.1 Å². The number of allylic oxidation sites excluding steroid dienone is 1. The standard InChI is InChI=1S/C18H19N3O/c19-17(14-16-10-5-2-6-11-16)18(22)21-20-13-7-12-15-8-3-1-4-9-15/h1-13,17H,14,19H2,(H,21,22)/b12-7+,20-13+. The molecule has 2 rings (SSSR count). The molecule has 1 unspecified atom stereocenters. The van der Waals surface area contributed by atoms with Crippen molar-refractivity contribution in [1.29, 1.82) is 0 Å². The molecule has 0 aliphatic heterocycles. The molecule has 0 aromatic heterocycles. The molecule has 2 aromatic carbocycles. The van der Waals surface area contributed by atoms with Crippen molar-refractivity contribution in [1.82, 2.24) is 5.43 Å². The fourth-order valence-corrected chi connectivity index (χ4v) is 1.91. The minimum absolute atomic E-state index is 0.298. The third-order valence-electron chi connectivity index (χ3n) is 3.06. The molecule has 4 heteroatoms. The monoisotopic (exact) mass is 293 g/mol. The van der Waals surface area contributed by atoms with Crippen LogP contribution >= 0.6 is 0 Å². The Labute approximate surface area is 130 Å². The molecule has 4 nitrogen and oxygen atoms in total. The second-order valence-electron chi connectivity index (χ2n) is 4.82.